The second kappa shape index (κ2) is 12.6. The van der Waals surface area contributed by atoms with Crippen LogP contribution in [0.15, 0.2) is 11.2 Å². The van der Waals surface area contributed by atoms with Crippen LogP contribution in [0.3, 0.4) is 0 Å². The van der Waals surface area contributed by atoms with E-state index in [-0.39, 0.29) is 29.7 Å². The number of hydrogen-bond donors (Lipinski definition) is 1. The summed E-state index contributed by atoms with van der Waals surface area (Å²) in [6.45, 7) is 10.5. The number of nitrogens with one attached hydrogen (secondary N) is 1. The van der Waals surface area contributed by atoms with E-state index in [1.54, 1.807) is 14.0 Å². The lowest BCUT2D eigenvalue weighted by Gasteiger charge is -2.22. The molecule has 0 saturated heterocycles. The molecular formula is C18H37IN6O2S. The highest BCUT2D eigenvalue weighted by Gasteiger charge is 2.16. The zero-order valence-electron chi connectivity index (χ0n) is 18.3. The van der Waals surface area contributed by atoms with Crippen LogP contribution < -0.4 is 5.32 Å². The summed E-state index contributed by atoms with van der Waals surface area (Å²) in [4.78, 5) is 6.74. The standard InChI is InChI=1S/C18H36N6O2S.HI/c1-8-19-18(20-11-10-12-24(7)27(25,26)9-2)22(5)13-16-14-23(6)21-17(16)15(3)4;/h14-15H,8-13H2,1-7H3,(H,19,20);1H. The van der Waals surface area contributed by atoms with E-state index in [0.29, 0.717) is 25.4 Å². The molecule has 8 nitrogen and oxygen atoms in total. The Morgan fingerprint density at radius 2 is 1.96 bits per heavy atom. The van der Waals surface area contributed by atoms with E-state index < -0.39 is 10.0 Å². The van der Waals surface area contributed by atoms with Crippen LogP contribution in [-0.4, -0.2) is 72.8 Å². The summed E-state index contributed by atoms with van der Waals surface area (Å²) in [5, 5.41) is 7.87. The monoisotopic (exact) mass is 528 g/mol. The van der Waals surface area contributed by atoms with E-state index in [1.807, 2.05) is 25.7 Å². The summed E-state index contributed by atoms with van der Waals surface area (Å²) in [5.41, 5.74) is 2.29. The zero-order chi connectivity index (χ0) is 20.6. The summed E-state index contributed by atoms with van der Waals surface area (Å²) in [5.74, 6) is 1.31. The molecule has 0 aromatic carbocycles. The molecular weight excluding hydrogens is 491 g/mol. The highest BCUT2D eigenvalue weighted by atomic mass is 127. The van der Waals surface area contributed by atoms with Crippen molar-refractivity contribution in [2.45, 2.75) is 46.6 Å². The number of nitrogens with zero attached hydrogens (tertiary/aromatic N) is 5. The number of rotatable bonds is 10. The van der Waals surface area contributed by atoms with Crippen molar-refractivity contribution in [3.8, 4) is 0 Å². The van der Waals surface area contributed by atoms with E-state index in [2.05, 4.69) is 40.4 Å². The molecule has 28 heavy (non-hydrogen) atoms. The largest absolute Gasteiger partial charge is 0.357 e. The molecule has 1 aromatic rings. The molecule has 10 heteroatoms. The Morgan fingerprint density at radius 3 is 2.50 bits per heavy atom. The van der Waals surface area contributed by atoms with Crippen LogP contribution in [-0.2, 0) is 23.6 Å². The SMILES string of the molecule is CCNC(=NCCCN(C)S(=O)(=O)CC)N(C)Cc1cn(C)nc1C(C)C.I. The van der Waals surface area contributed by atoms with E-state index in [1.165, 1.54) is 9.87 Å². The van der Waals surface area contributed by atoms with Crippen LogP contribution in [0.4, 0.5) is 0 Å². The lowest BCUT2D eigenvalue weighted by Crippen LogP contribution is -2.38. The van der Waals surface area contributed by atoms with Gasteiger partial charge in [-0.1, -0.05) is 13.8 Å². The second-order valence-electron chi connectivity index (χ2n) is 7.04. The first-order chi connectivity index (χ1) is 12.6. The lowest BCUT2D eigenvalue weighted by molar-refractivity contribution is 0.458. The zero-order valence-corrected chi connectivity index (χ0v) is 21.4. The Kier molecular flexibility index (Phi) is 12.2. The number of halogens is 1. The predicted molar refractivity (Wildman–Crippen MR) is 127 cm³/mol. The van der Waals surface area contributed by atoms with Gasteiger partial charge in [-0.3, -0.25) is 9.67 Å². The van der Waals surface area contributed by atoms with Crippen molar-refractivity contribution in [1.29, 1.82) is 0 Å². The van der Waals surface area contributed by atoms with E-state index in [9.17, 15) is 8.42 Å². The maximum Gasteiger partial charge on any atom is 0.213 e. The number of aromatic nitrogens is 2. The molecule has 0 atom stereocenters. The molecule has 0 spiro atoms. The highest BCUT2D eigenvalue weighted by Crippen LogP contribution is 2.18. The third kappa shape index (κ3) is 8.24. The molecule has 1 heterocycles. The maximum absolute atomic E-state index is 11.8. The van der Waals surface area contributed by atoms with E-state index in [0.717, 1.165) is 24.7 Å². The Balaban J connectivity index is 0.00000729. The van der Waals surface area contributed by atoms with Crippen molar-refractivity contribution >= 4 is 40.0 Å². The van der Waals surface area contributed by atoms with E-state index in [4.69, 9.17) is 0 Å². The van der Waals surface area contributed by atoms with Gasteiger partial charge in [0.2, 0.25) is 10.0 Å². The van der Waals surface area contributed by atoms with Crippen molar-refractivity contribution in [2.75, 3.05) is 39.5 Å². The van der Waals surface area contributed by atoms with Crippen molar-refractivity contribution in [3.05, 3.63) is 17.5 Å². The summed E-state index contributed by atoms with van der Waals surface area (Å²) >= 11 is 0. The first-order valence-electron chi connectivity index (χ1n) is 9.58. The third-order valence-electron chi connectivity index (χ3n) is 4.32. The van der Waals surface area contributed by atoms with Crippen molar-refractivity contribution in [1.82, 2.24) is 24.3 Å². The van der Waals surface area contributed by atoms with Crippen molar-refractivity contribution < 1.29 is 8.42 Å². The molecule has 0 bridgehead atoms. The summed E-state index contributed by atoms with van der Waals surface area (Å²) < 4.78 is 26.8. The van der Waals surface area contributed by atoms with Crippen LogP contribution in [0, 0.1) is 0 Å². The fourth-order valence-electron chi connectivity index (χ4n) is 2.80. The smallest absolute Gasteiger partial charge is 0.213 e. The summed E-state index contributed by atoms with van der Waals surface area (Å²) in [7, 11) is 2.44. The molecule has 1 aromatic heterocycles. The Morgan fingerprint density at radius 1 is 1.32 bits per heavy atom. The number of aryl methyl sites for hydroxylation is 1. The van der Waals surface area contributed by atoms with Gasteiger partial charge in [0.15, 0.2) is 5.96 Å². The molecule has 1 rings (SSSR count). The molecule has 0 aliphatic rings. The van der Waals surface area contributed by atoms with Crippen LogP contribution >= 0.6 is 24.0 Å². The molecule has 0 aliphatic heterocycles. The molecule has 0 radical (unpaired) electrons. The van der Waals surface area contributed by atoms with Gasteiger partial charge >= 0.3 is 0 Å². The maximum atomic E-state index is 11.8. The summed E-state index contributed by atoms with van der Waals surface area (Å²) in [6.07, 6.45) is 2.74. The number of hydrogen-bond acceptors (Lipinski definition) is 4. The van der Waals surface area contributed by atoms with Gasteiger partial charge in [0.05, 0.1) is 11.4 Å². The quantitative estimate of drug-likeness (QED) is 0.218. The fraction of sp³-hybridized carbons (Fsp3) is 0.778. The second-order valence-corrected chi connectivity index (χ2v) is 9.40. The van der Waals surface area contributed by atoms with Gasteiger partial charge in [-0.05, 0) is 26.2 Å². The minimum atomic E-state index is -3.13. The van der Waals surface area contributed by atoms with Gasteiger partial charge in [0, 0.05) is 59.1 Å². The number of aliphatic imine (C=N–C) groups is 1. The molecule has 0 unspecified atom stereocenters. The Labute approximate surface area is 187 Å². The minimum absolute atomic E-state index is 0. The van der Waals surface area contributed by atoms with Crippen molar-refractivity contribution in [3.63, 3.8) is 0 Å². The molecule has 0 saturated carbocycles. The Bertz CT molecular complexity index is 718. The van der Waals surface area contributed by atoms with E-state index >= 15 is 0 Å². The van der Waals surface area contributed by atoms with Crippen molar-refractivity contribution in [2.24, 2.45) is 12.0 Å². The third-order valence-corrected chi connectivity index (χ3v) is 6.18. The molecule has 0 fully saturated rings. The minimum Gasteiger partial charge on any atom is -0.357 e. The normalized spacial score (nSPS) is 12.4. The molecule has 0 aliphatic carbocycles. The van der Waals surface area contributed by atoms with Gasteiger partial charge < -0.3 is 10.2 Å². The van der Waals surface area contributed by atoms with Crippen LogP contribution in [0.1, 0.15) is 51.3 Å². The average Bonchev–Trinajstić information content (AvgIpc) is 2.97. The average molecular weight is 529 g/mol. The number of guanidine groups is 1. The topological polar surface area (TPSA) is 82.8 Å². The van der Waals surface area contributed by atoms with Gasteiger partial charge in [-0.25, -0.2) is 12.7 Å². The highest BCUT2D eigenvalue weighted by molar-refractivity contribution is 14.0. The lowest BCUT2D eigenvalue weighted by atomic mass is 10.1. The number of sulfonamides is 1. The van der Waals surface area contributed by atoms with Gasteiger partial charge in [0.1, 0.15) is 0 Å². The molecule has 164 valence electrons. The van der Waals surface area contributed by atoms with Crippen LogP contribution in [0.2, 0.25) is 0 Å². The molecule has 1 N–H and O–H groups in total. The van der Waals surface area contributed by atoms with Crippen LogP contribution in [0.25, 0.3) is 0 Å². The van der Waals surface area contributed by atoms with Gasteiger partial charge in [-0.15, -0.1) is 24.0 Å². The first-order valence-corrected chi connectivity index (χ1v) is 11.2. The van der Waals surface area contributed by atoms with Gasteiger partial charge in [0.25, 0.3) is 0 Å². The Hall–Kier alpha value is -0.880. The first kappa shape index (κ1) is 27.1. The molecule has 0 amide bonds. The van der Waals surface area contributed by atoms with Gasteiger partial charge in [-0.2, -0.15) is 5.10 Å². The van der Waals surface area contributed by atoms with Crippen LogP contribution in [0.5, 0.6) is 0 Å². The summed E-state index contributed by atoms with van der Waals surface area (Å²) in [6, 6.07) is 0. The predicted octanol–water partition coefficient (Wildman–Crippen LogP) is 2.23. The fourth-order valence-corrected chi connectivity index (χ4v) is 3.65.